The number of carbonyl (C=O) groups is 1. The lowest BCUT2D eigenvalue weighted by molar-refractivity contribution is 0.102. The van der Waals surface area contributed by atoms with Crippen LogP contribution in [0.2, 0.25) is 0 Å². The van der Waals surface area contributed by atoms with Gasteiger partial charge in [0.2, 0.25) is 0 Å². The molecule has 0 fully saturated rings. The normalized spacial score (nSPS) is 13.2. The van der Waals surface area contributed by atoms with Gasteiger partial charge in [-0.25, -0.2) is 4.39 Å². The van der Waals surface area contributed by atoms with E-state index in [9.17, 15) is 9.18 Å². The summed E-state index contributed by atoms with van der Waals surface area (Å²) in [7, 11) is 0. The third-order valence-electron chi connectivity index (χ3n) is 3.75. The molecule has 0 radical (unpaired) electrons. The summed E-state index contributed by atoms with van der Waals surface area (Å²) in [5.74, 6) is -0.567. The van der Waals surface area contributed by atoms with Crippen molar-refractivity contribution >= 4 is 17.3 Å². The van der Waals surface area contributed by atoms with Crippen molar-refractivity contribution in [1.82, 2.24) is 0 Å². The van der Waals surface area contributed by atoms with E-state index < -0.39 is 0 Å². The Kier molecular flexibility index (Phi) is 3.60. The number of nitrogens with one attached hydrogen (secondary N) is 2. The molecule has 1 aliphatic heterocycles. The van der Waals surface area contributed by atoms with Gasteiger partial charge >= 0.3 is 0 Å². The van der Waals surface area contributed by atoms with E-state index in [-0.39, 0.29) is 11.7 Å². The van der Waals surface area contributed by atoms with E-state index in [0.29, 0.717) is 11.3 Å². The van der Waals surface area contributed by atoms with Crippen LogP contribution in [0.4, 0.5) is 15.8 Å². The quantitative estimate of drug-likeness (QED) is 0.882. The number of amides is 1. The van der Waals surface area contributed by atoms with Crippen LogP contribution in [0.25, 0.3) is 0 Å². The topological polar surface area (TPSA) is 41.1 Å². The Morgan fingerprint density at radius 3 is 2.95 bits per heavy atom. The van der Waals surface area contributed by atoms with E-state index in [2.05, 4.69) is 10.6 Å². The van der Waals surface area contributed by atoms with Gasteiger partial charge in [-0.2, -0.15) is 0 Å². The van der Waals surface area contributed by atoms with Gasteiger partial charge in [-0.3, -0.25) is 4.79 Å². The molecular formula is C17H17FN2O. The van der Waals surface area contributed by atoms with Crippen molar-refractivity contribution in [3.63, 3.8) is 0 Å². The lowest BCUT2D eigenvalue weighted by Crippen LogP contribution is -2.16. The molecule has 3 nitrogen and oxygen atoms in total. The van der Waals surface area contributed by atoms with Crippen LogP contribution in [0.1, 0.15) is 27.9 Å². The Hall–Kier alpha value is -2.36. The molecule has 21 heavy (non-hydrogen) atoms. The lowest BCUT2D eigenvalue weighted by atomic mass is 10.0. The van der Waals surface area contributed by atoms with Crippen molar-refractivity contribution in [2.45, 2.75) is 19.8 Å². The minimum atomic E-state index is -0.356. The zero-order valence-electron chi connectivity index (χ0n) is 11.9. The summed E-state index contributed by atoms with van der Waals surface area (Å²) in [6.07, 6.45) is 2.05. The number of anilines is 2. The Bertz CT molecular complexity index is 697. The Labute approximate surface area is 123 Å². The average Bonchev–Trinajstić information content (AvgIpc) is 2.50. The van der Waals surface area contributed by atoms with Gasteiger partial charge in [0, 0.05) is 23.5 Å². The number of carbonyl (C=O) groups excluding carboxylic acids is 1. The van der Waals surface area contributed by atoms with Crippen molar-refractivity contribution < 1.29 is 9.18 Å². The fourth-order valence-corrected chi connectivity index (χ4v) is 2.54. The van der Waals surface area contributed by atoms with Crippen molar-refractivity contribution in [2.24, 2.45) is 0 Å². The third-order valence-corrected chi connectivity index (χ3v) is 3.75. The van der Waals surface area contributed by atoms with Crippen LogP contribution in [0.3, 0.4) is 0 Å². The summed E-state index contributed by atoms with van der Waals surface area (Å²) in [6.45, 7) is 2.81. The molecule has 1 aliphatic rings. The molecule has 2 aromatic rings. The molecule has 2 N–H and O–H groups in total. The monoisotopic (exact) mass is 284 g/mol. The molecule has 1 amide bonds. The van der Waals surface area contributed by atoms with Crippen LogP contribution in [0, 0.1) is 12.7 Å². The van der Waals surface area contributed by atoms with Crippen molar-refractivity contribution in [2.75, 3.05) is 17.2 Å². The van der Waals surface area contributed by atoms with Crippen molar-refractivity contribution in [3.05, 3.63) is 58.9 Å². The Balaban J connectivity index is 1.83. The van der Waals surface area contributed by atoms with E-state index in [1.165, 1.54) is 12.1 Å². The second kappa shape index (κ2) is 5.56. The second-order valence-electron chi connectivity index (χ2n) is 5.32. The highest BCUT2D eigenvalue weighted by molar-refractivity contribution is 6.05. The molecule has 108 valence electrons. The number of aryl methyl sites for hydroxylation is 2. The fourth-order valence-electron chi connectivity index (χ4n) is 2.54. The standard InChI is InChI=1S/C17H17FN2O/c1-11-4-6-14(18)10-16(11)20-17(21)13-5-7-15-12(9-13)3-2-8-19-15/h4-7,9-10,19H,2-3,8H2,1H3,(H,20,21). The number of benzene rings is 2. The van der Waals surface area contributed by atoms with Gasteiger partial charge in [0.25, 0.3) is 5.91 Å². The zero-order valence-corrected chi connectivity index (χ0v) is 11.9. The highest BCUT2D eigenvalue weighted by Gasteiger charge is 2.13. The van der Waals surface area contributed by atoms with Crippen LogP contribution in [0.5, 0.6) is 0 Å². The molecule has 0 saturated heterocycles. The lowest BCUT2D eigenvalue weighted by Gasteiger charge is -2.18. The zero-order chi connectivity index (χ0) is 14.8. The average molecular weight is 284 g/mol. The van der Waals surface area contributed by atoms with Gasteiger partial charge in [0.05, 0.1) is 0 Å². The molecular weight excluding hydrogens is 267 g/mol. The summed E-state index contributed by atoms with van der Waals surface area (Å²) in [5.41, 5.74) is 4.20. The molecule has 0 atom stereocenters. The first kappa shape index (κ1) is 13.6. The molecule has 0 aliphatic carbocycles. The maximum Gasteiger partial charge on any atom is 0.255 e. The summed E-state index contributed by atoms with van der Waals surface area (Å²) in [4.78, 5) is 12.3. The minimum absolute atomic E-state index is 0.211. The van der Waals surface area contributed by atoms with Gasteiger partial charge in [0.15, 0.2) is 0 Å². The van der Waals surface area contributed by atoms with Gasteiger partial charge in [0.1, 0.15) is 5.82 Å². The molecule has 0 saturated carbocycles. The first-order chi connectivity index (χ1) is 10.1. The first-order valence-corrected chi connectivity index (χ1v) is 7.08. The molecule has 3 rings (SSSR count). The molecule has 0 bridgehead atoms. The van der Waals surface area contributed by atoms with Crippen molar-refractivity contribution in [1.29, 1.82) is 0 Å². The Morgan fingerprint density at radius 1 is 1.24 bits per heavy atom. The maximum atomic E-state index is 13.3. The van der Waals surface area contributed by atoms with Crippen molar-refractivity contribution in [3.8, 4) is 0 Å². The van der Waals surface area contributed by atoms with E-state index in [1.807, 2.05) is 19.1 Å². The maximum absolute atomic E-state index is 13.3. The molecule has 0 unspecified atom stereocenters. The fraction of sp³-hybridized carbons (Fsp3) is 0.235. The van der Waals surface area contributed by atoms with Gasteiger partial charge < -0.3 is 10.6 Å². The summed E-state index contributed by atoms with van der Waals surface area (Å²) in [5, 5.41) is 6.09. The number of hydrogen-bond acceptors (Lipinski definition) is 2. The largest absolute Gasteiger partial charge is 0.385 e. The predicted molar refractivity (Wildman–Crippen MR) is 82.3 cm³/mol. The van der Waals surface area contributed by atoms with Crippen LogP contribution in [0.15, 0.2) is 36.4 Å². The predicted octanol–water partition coefficient (Wildman–Crippen LogP) is 3.74. The van der Waals surface area contributed by atoms with Crippen LogP contribution < -0.4 is 10.6 Å². The summed E-state index contributed by atoms with van der Waals surface area (Å²) in [6, 6.07) is 10.0. The van der Waals surface area contributed by atoms with Crippen LogP contribution in [-0.4, -0.2) is 12.5 Å². The molecule has 0 aromatic heterocycles. The van der Waals surface area contributed by atoms with Gasteiger partial charge in [-0.05, 0) is 61.2 Å². The molecule has 1 heterocycles. The molecule has 2 aromatic carbocycles. The third kappa shape index (κ3) is 2.89. The second-order valence-corrected chi connectivity index (χ2v) is 5.32. The number of fused-ring (bicyclic) bond motifs is 1. The van der Waals surface area contributed by atoms with Crippen LogP contribution in [-0.2, 0) is 6.42 Å². The van der Waals surface area contributed by atoms with E-state index in [1.54, 1.807) is 12.1 Å². The molecule has 4 heteroatoms. The summed E-state index contributed by atoms with van der Waals surface area (Å²) < 4.78 is 13.3. The highest BCUT2D eigenvalue weighted by Crippen LogP contribution is 2.24. The van der Waals surface area contributed by atoms with E-state index in [4.69, 9.17) is 0 Å². The van der Waals surface area contributed by atoms with E-state index in [0.717, 1.165) is 36.2 Å². The van der Waals surface area contributed by atoms with Gasteiger partial charge in [-0.15, -0.1) is 0 Å². The SMILES string of the molecule is Cc1ccc(F)cc1NC(=O)c1ccc2c(c1)CCCN2. The number of hydrogen-bond donors (Lipinski definition) is 2. The van der Waals surface area contributed by atoms with E-state index >= 15 is 0 Å². The van der Waals surface area contributed by atoms with Crippen LogP contribution >= 0.6 is 0 Å². The smallest absolute Gasteiger partial charge is 0.255 e. The first-order valence-electron chi connectivity index (χ1n) is 7.08. The number of halogens is 1. The highest BCUT2D eigenvalue weighted by atomic mass is 19.1. The minimum Gasteiger partial charge on any atom is -0.385 e. The van der Waals surface area contributed by atoms with Gasteiger partial charge in [-0.1, -0.05) is 6.07 Å². The summed E-state index contributed by atoms with van der Waals surface area (Å²) >= 11 is 0. The Morgan fingerprint density at radius 2 is 2.10 bits per heavy atom. The number of rotatable bonds is 2. The molecule has 0 spiro atoms.